The lowest BCUT2D eigenvalue weighted by Gasteiger charge is -2.05. The monoisotopic (exact) mass is 208 g/mol. The Balaban J connectivity index is 2.22. The second-order valence-corrected chi connectivity index (χ2v) is 3.95. The second kappa shape index (κ2) is 3.49. The maximum atomic E-state index is 4.28. The van der Waals surface area contributed by atoms with Crippen LogP contribution in [0.5, 0.6) is 0 Å². The van der Waals surface area contributed by atoms with Crippen LogP contribution < -0.4 is 0 Å². The number of aryl methyl sites for hydroxylation is 1. The number of benzene rings is 2. The summed E-state index contributed by atoms with van der Waals surface area (Å²) >= 11 is 0. The molecule has 78 valence electrons. The molecule has 1 N–H and O–H groups in total. The number of aromatic nitrogens is 2. The van der Waals surface area contributed by atoms with Crippen LogP contribution in [0.3, 0.4) is 0 Å². The Bertz CT molecular complexity index is 638. The van der Waals surface area contributed by atoms with E-state index in [9.17, 15) is 0 Å². The summed E-state index contributed by atoms with van der Waals surface area (Å²) in [5.41, 5.74) is 5.88. The topological polar surface area (TPSA) is 28.7 Å². The molecule has 2 heteroatoms. The summed E-state index contributed by atoms with van der Waals surface area (Å²) in [4.78, 5) is 7.38. The molecule has 0 unspecified atom stereocenters. The van der Waals surface area contributed by atoms with E-state index in [-0.39, 0.29) is 0 Å². The van der Waals surface area contributed by atoms with Crippen molar-refractivity contribution in [3.05, 3.63) is 54.4 Å². The van der Waals surface area contributed by atoms with Crippen molar-refractivity contribution in [2.24, 2.45) is 0 Å². The number of fused-ring (bicyclic) bond motifs is 1. The minimum atomic E-state index is 1.01. The van der Waals surface area contributed by atoms with Crippen LogP contribution in [-0.4, -0.2) is 9.97 Å². The molecule has 1 aromatic heterocycles. The Labute approximate surface area is 94.0 Å². The van der Waals surface area contributed by atoms with Gasteiger partial charge in [-0.05, 0) is 35.7 Å². The van der Waals surface area contributed by atoms with Crippen LogP contribution in [0.25, 0.3) is 22.2 Å². The largest absolute Gasteiger partial charge is 0.345 e. The third-order valence-electron chi connectivity index (χ3n) is 2.88. The molecular formula is C14H12N2. The van der Waals surface area contributed by atoms with Gasteiger partial charge in [-0.15, -0.1) is 0 Å². The van der Waals surface area contributed by atoms with Gasteiger partial charge >= 0.3 is 0 Å². The van der Waals surface area contributed by atoms with Gasteiger partial charge in [-0.1, -0.05) is 30.3 Å². The van der Waals surface area contributed by atoms with Crippen molar-refractivity contribution >= 4 is 11.0 Å². The Morgan fingerprint density at radius 2 is 1.94 bits per heavy atom. The first kappa shape index (κ1) is 9.16. The van der Waals surface area contributed by atoms with Crippen molar-refractivity contribution in [1.82, 2.24) is 9.97 Å². The van der Waals surface area contributed by atoms with E-state index in [1.54, 1.807) is 6.33 Å². The van der Waals surface area contributed by atoms with E-state index in [0.717, 1.165) is 11.0 Å². The first-order valence-electron chi connectivity index (χ1n) is 5.34. The zero-order valence-electron chi connectivity index (χ0n) is 9.07. The SMILES string of the molecule is Cc1ccccc1-c1ccc2[nH]cnc2c1. The van der Waals surface area contributed by atoms with E-state index in [2.05, 4.69) is 59.4 Å². The van der Waals surface area contributed by atoms with Crippen molar-refractivity contribution < 1.29 is 0 Å². The van der Waals surface area contributed by atoms with Crippen LogP contribution >= 0.6 is 0 Å². The summed E-state index contributed by atoms with van der Waals surface area (Å²) in [6.45, 7) is 2.13. The van der Waals surface area contributed by atoms with E-state index >= 15 is 0 Å². The number of aromatic amines is 1. The van der Waals surface area contributed by atoms with Crippen molar-refractivity contribution in [1.29, 1.82) is 0 Å². The van der Waals surface area contributed by atoms with E-state index in [1.807, 2.05) is 0 Å². The van der Waals surface area contributed by atoms with Gasteiger partial charge in [-0.25, -0.2) is 4.98 Å². The van der Waals surface area contributed by atoms with Gasteiger partial charge in [0.25, 0.3) is 0 Å². The minimum absolute atomic E-state index is 1.01. The first-order valence-corrected chi connectivity index (χ1v) is 5.34. The van der Waals surface area contributed by atoms with Crippen molar-refractivity contribution in [3.63, 3.8) is 0 Å². The highest BCUT2D eigenvalue weighted by Crippen LogP contribution is 2.25. The van der Waals surface area contributed by atoms with Gasteiger partial charge in [0, 0.05) is 0 Å². The molecule has 2 aromatic carbocycles. The molecule has 0 radical (unpaired) electrons. The predicted octanol–water partition coefficient (Wildman–Crippen LogP) is 3.54. The Hall–Kier alpha value is -2.09. The minimum Gasteiger partial charge on any atom is -0.345 e. The van der Waals surface area contributed by atoms with Crippen LogP contribution in [0.1, 0.15) is 5.56 Å². The fourth-order valence-electron chi connectivity index (χ4n) is 2.00. The standard InChI is InChI=1S/C14H12N2/c1-10-4-2-3-5-12(10)11-6-7-13-14(8-11)16-9-15-13/h2-9H,1H3,(H,15,16). The molecule has 0 aliphatic heterocycles. The Morgan fingerprint density at radius 1 is 1.06 bits per heavy atom. The number of imidazole rings is 1. The highest BCUT2D eigenvalue weighted by Gasteiger charge is 2.02. The van der Waals surface area contributed by atoms with Gasteiger partial charge in [-0.2, -0.15) is 0 Å². The van der Waals surface area contributed by atoms with Gasteiger partial charge in [0.15, 0.2) is 0 Å². The normalized spacial score (nSPS) is 10.8. The van der Waals surface area contributed by atoms with Crippen molar-refractivity contribution in [3.8, 4) is 11.1 Å². The van der Waals surface area contributed by atoms with Crippen molar-refractivity contribution in [2.45, 2.75) is 6.92 Å². The molecule has 2 nitrogen and oxygen atoms in total. The van der Waals surface area contributed by atoms with E-state index in [1.165, 1.54) is 16.7 Å². The molecule has 0 bridgehead atoms. The molecule has 3 rings (SSSR count). The number of rotatable bonds is 1. The summed E-state index contributed by atoms with van der Waals surface area (Å²) in [5, 5.41) is 0. The van der Waals surface area contributed by atoms with Gasteiger partial charge in [0.05, 0.1) is 17.4 Å². The summed E-state index contributed by atoms with van der Waals surface area (Å²) in [7, 11) is 0. The molecule has 0 atom stereocenters. The molecular weight excluding hydrogens is 196 g/mol. The summed E-state index contributed by atoms with van der Waals surface area (Å²) in [5.74, 6) is 0. The quantitative estimate of drug-likeness (QED) is 0.651. The Kier molecular flexibility index (Phi) is 2.00. The third-order valence-corrected chi connectivity index (χ3v) is 2.88. The highest BCUT2D eigenvalue weighted by molar-refractivity contribution is 5.82. The zero-order valence-corrected chi connectivity index (χ0v) is 9.07. The summed E-state index contributed by atoms with van der Waals surface area (Å²) in [6, 6.07) is 14.7. The predicted molar refractivity (Wildman–Crippen MR) is 66.3 cm³/mol. The average molecular weight is 208 g/mol. The fraction of sp³-hybridized carbons (Fsp3) is 0.0714. The van der Waals surface area contributed by atoms with Crippen LogP contribution in [0.15, 0.2) is 48.8 Å². The average Bonchev–Trinajstić information content (AvgIpc) is 2.76. The summed E-state index contributed by atoms with van der Waals surface area (Å²) < 4.78 is 0. The number of hydrogen-bond acceptors (Lipinski definition) is 1. The van der Waals surface area contributed by atoms with Crippen molar-refractivity contribution in [2.75, 3.05) is 0 Å². The lowest BCUT2D eigenvalue weighted by molar-refractivity contribution is 1.34. The van der Waals surface area contributed by atoms with Crippen LogP contribution in [0.2, 0.25) is 0 Å². The van der Waals surface area contributed by atoms with Gasteiger partial charge in [0.2, 0.25) is 0 Å². The number of nitrogens with zero attached hydrogens (tertiary/aromatic N) is 1. The second-order valence-electron chi connectivity index (χ2n) is 3.95. The molecule has 16 heavy (non-hydrogen) atoms. The molecule has 3 aromatic rings. The highest BCUT2D eigenvalue weighted by atomic mass is 14.9. The van der Waals surface area contributed by atoms with E-state index < -0.39 is 0 Å². The Morgan fingerprint density at radius 3 is 2.81 bits per heavy atom. The van der Waals surface area contributed by atoms with Crippen LogP contribution in [-0.2, 0) is 0 Å². The maximum Gasteiger partial charge on any atom is 0.0931 e. The van der Waals surface area contributed by atoms with E-state index in [0.29, 0.717) is 0 Å². The smallest absolute Gasteiger partial charge is 0.0931 e. The zero-order chi connectivity index (χ0) is 11.0. The molecule has 0 fully saturated rings. The van der Waals surface area contributed by atoms with Gasteiger partial charge in [0.1, 0.15) is 0 Å². The summed E-state index contributed by atoms with van der Waals surface area (Å²) in [6.07, 6.45) is 1.73. The number of H-pyrrole nitrogens is 1. The molecule has 0 spiro atoms. The van der Waals surface area contributed by atoms with Gasteiger partial charge in [-0.3, -0.25) is 0 Å². The third kappa shape index (κ3) is 1.39. The lowest BCUT2D eigenvalue weighted by atomic mass is 10.0. The first-order chi connectivity index (χ1) is 7.84. The van der Waals surface area contributed by atoms with Gasteiger partial charge < -0.3 is 4.98 Å². The maximum absolute atomic E-state index is 4.28. The molecule has 0 saturated heterocycles. The number of nitrogens with one attached hydrogen (secondary N) is 1. The van der Waals surface area contributed by atoms with Crippen LogP contribution in [0, 0.1) is 6.92 Å². The molecule has 1 heterocycles. The van der Waals surface area contributed by atoms with Crippen LogP contribution in [0.4, 0.5) is 0 Å². The number of hydrogen-bond donors (Lipinski definition) is 1. The lowest BCUT2D eigenvalue weighted by Crippen LogP contribution is -1.82. The van der Waals surface area contributed by atoms with E-state index in [4.69, 9.17) is 0 Å². The fourth-order valence-corrected chi connectivity index (χ4v) is 2.00. The molecule has 0 amide bonds. The molecule has 0 aliphatic carbocycles. The molecule has 0 aliphatic rings. The molecule has 0 saturated carbocycles.